The van der Waals surface area contributed by atoms with Crippen LogP contribution < -0.4 is 0 Å². The zero-order valence-corrected chi connectivity index (χ0v) is 9.26. The number of hydrogen-bond donors (Lipinski definition) is 1. The van der Waals surface area contributed by atoms with Crippen LogP contribution in [0.4, 0.5) is 0 Å². The number of β-amino-alcohol motifs (C(OH)–C–C–N with tert-alkyl or cyclic N) is 1. The Morgan fingerprint density at radius 2 is 2.13 bits per heavy atom. The Hall–Kier alpha value is -0.860. The van der Waals surface area contributed by atoms with Crippen LogP contribution in [-0.2, 0) is 0 Å². The van der Waals surface area contributed by atoms with Crippen molar-refractivity contribution < 1.29 is 5.11 Å². The summed E-state index contributed by atoms with van der Waals surface area (Å²) >= 11 is 0. The van der Waals surface area contributed by atoms with E-state index in [-0.39, 0.29) is 6.10 Å². The molecule has 2 rings (SSSR count). The maximum Gasteiger partial charge on any atom is 0.0639 e. The summed E-state index contributed by atoms with van der Waals surface area (Å²) in [6.07, 6.45) is 1.01. The standard InChI is InChI=1S/C13H19NO/c1-11(15)9-14-8-7-13(10-14)12-5-3-2-4-6-12/h2-6,11,13,15H,7-10H2,1H3. The lowest BCUT2D eigenvalue weighted by Gasteiger charge is -2.17. The first-order valence-electron chi connectivity index (χ1n) is 5.71. The summed E-state index contributed by atoms with van der Waals surface area (Å²) < 4.78 is 0. The van der Waals surface area contributed by atoms with Gasteiger partial charge in [0.25, 0.3) is 0 Å². The average molecular weight is 205 g/mol. The zero-order chi connectivity index (χ0) is 10.7. The monoisotopic (exact) mass is 205 g/mol. The number of hydrogen-bond acceptors (Lipinski definition) is 2. The van der Waals surface area contributed by atoms with E-state index in [9.17, 15) is 5.11 Å². The SMILES string of the molecule is CC(O)CN1CCC(c2ccccc2)C1. The molecule has 0 amide bonds. The highest BCUT2D eigenvalue weighted by molar-refractivity contribution is 5.20. The molecule has 1 aliphatic heterocycles. The molecule has 0 aliphatic carbocycles. The number of rotatable bonds is 3. The number of aliphatic hydroxyl groups is 1. The molecule has 2 atom stereocenters. The van der Waals surface area contributed by atoms with E-state index in [1.54, 1.807) is 0 Å². The predicted molar refractivity (Wildman–Crippen MR) is 61.9 cm³/mol. The lowest BCUT2D eigenvalue weighted by atomic mass is 9.99. The minimum Gasteiger partial charge on any atom is -0.392 e. The molecule has 0 aromatic heterocycles. The van der Waals surface area contributed by atoms with Crippen LogP contribution in [0.3, 0.4) is 0 Å². The lowest BCUT2D eigenvalue weighted by Crippen LogP contribution is -2.28. The van der Waals surface area contributed by atoms with Crippen molar-refractivity contribution in [2.75, 3.05) is 19.6 Å². The Morgan fingerprint density at radius 3 is 2.80 bits per heavy atom. The number of likely N-dealkylation sites (tertiary alicyclic amines) is 1. The summed E-state index contributed by atoms with van der Waals surface area (Å²) in [6.45, 7) is 4.87. The Balaban J connectivity index is 1.93. The minimum absolute atomic E-state index is 0.209. The molecular formula is C13H19NO. The van der Waals surface area contributed by atoms with E-state index in [2.05, 4.69) is 35.2 Å². The van der Waals surface area contributed by atoms with Crippen LogP contribution in [0.5, 0.6) is 0 Å². The summed E-state index contributed by atoms with van der Waals surface area (Å²) in [6, 6.07) is 10.7. The van der Waals surface area contributed by atoms with E-state index >= 15 is 0 Å². The lowest BCUT2D eigenvalue weighted by molar-refractivity contribution is 0.140. The van der Waals surface area contributed by atoms with Crippen LogP contribution in [-0.4, -0.2) is 35.7 Å². The molecule has 1 aromatic rings. The number of nitrogens with zero attached hydrogens (tertiary/aromatic N) is 1. The van der Waals surface area contributed by atoms with Gasteiger partial charge in [0.2, 0.25) is 0 Å². The summed E-state index contributed by atoms with van der Waals surface area (Å²) in [5, 5.41) is 9.33. The summed E-state index contributed by atoms with van der Waals surface area (Å²) in [4.78, 5) is 2.35. The van der Waals surface area contributed by atoms with E-state index in [1.807, 2.05) is 6.92 Å². The topological polar surface area (TPSA) is 23.5 Å². The van der Waals surface area contributed by atoms with E-state index in [0.29, 0.717) is 5.92 Å². The maximum absolute atomic E-state index is 9.33. The van der Waals surface area contributed by atoms with Gasteiger partial charge in [-0.15, -0.1) is 0 Å². The van der Waals surface area contributed by atoms with Gasteiger partial charge < -0.3 is 10.0 Å². The Bertz CT molecular complexity index is 297. The zero-order valence-electron chi connectivity index (χ0n) is 9.26. The van der Waals surface area contributed by atoms with E-state index in [1.165, 1.54) is 12.0 Å². The average Bonchev–Trinajstić information content (AvgIpc) is 2.67. The van der Waals surface area contributed by atoms with Gasteiger partial charge in [0.05, 0.1) is 6.10 Å². The summed E-state index contributed by atoms with van der Waals surface area (Å²) in [5.74, 6) is 0.657. The van der Waals surface area contributed by atoms with Crippen molar-refractivity contribution in [2.45, 2.75) is 25.4 Å². The van der Waals surface area contributed by atoms with Crippen molar-refractivity contribution in [3.8, 4) is 0 Å². The van der Waals surface area contributed by atoms with Crippen molar-refractivity contribution in [3.05, 3.63) is 35.9 Å². The van der Waals surface area contributed by atoms with Crippen molar-refractivity contribution in [1.82, 2.24) is 4.90 Å². The molecule has 0 radical (unpaired) electrons. The van der Waals surface area contributed by atoms with Gasteiger partial charge in [0.1, 0.15) is 0 Å². The molecule has 2 unspecified atom stereocenters. The highest BCUT2D eigenvalue weighted by Gasteiger charge is 2.23. The third-order valence-corrected chi connectivity index (χ3v) is 3.07. The van der Waals surface area contributed by atoms with Crippen LogP contribution in [0.25, 0.3) is 0 Å². The second-order valence-electron chi connectivity index (χ2n) is 4.50. The van der Waals surface area contributed by atoms with Crippen molar-refractivity contribution in [1.29, 1.82) is 0 Å². The van der Waals surface area contributed by atoms with Gasteiger partial charge in [-0.3, -0.25) is 0 Å². The predicted octanol–water partition coefficient (Wildman–Crippen LogP) is 1.86. The molecule has 1 aliphatic rings. The number of aliphatic hydroxyl groups excluding tert-OH is 1. The third-order valence-electron chi connectivity index (χ3n) is 3.07. The molecular weight excluding hydrogens is 186 g/mol. The van der Waals surface area contributed by atoms with E-state index in [0.717, 1.165) is 19.6 Å². The van der Waals surface area contributed by atoms with Crippen LogP contribution in [0.2, 0.25) is 0 Å². The molecule has 1 N–H and O–H groups in total. The second kappa shape index (κ2) is 4.77. The molecule has 0 saturated carbocycles. The highest BCUT2D eigenvalue weighted by atomic mass is 16.3. The number of benzene rings is 1. The van der Waals surface area contributed by atoms with E-state index < -0.39 is 0 Å². The summed E-state index contributed by atoms with van der Waals surface area (Å²) in [5.41, 5.74) is 1.44. The quantitative estimate of drug-likeness (QED) is 0.814. The molecule has 1 fully saturated rings. The van der Waals surface area contributed by atoms with Crippen molar-refractivity contribution in [3.63, 3.8) is 0 Å². The smallest absolute Gasteiger partial charge is 0.0639 e. The van der Waals surface area contributed by atoms with Crippen LogP contribution in [0.1, 0.15) is 24.8 Å². The van der Waals surface area contributed by atoms with E-state index in [4.69, 9.17) is 0 Å². The maximum atomic E-state index is 9.33. The Morgan fingerprint density at radius 1 is 1.40 bits per heavy atom. The fourth-order valence-corrected chi connectivity index (χ4v) is 2.37. The molecule has 0 spiro atoms. The second-order valence-corrected chi connectivity index (χ2v) is 4.50. The highest BCUT2D eigenvalue weighted by Crippen LogP contribution is 2.26. The van der Waals surface area contributed by atoms with Gasteiger partial charge in [0, 0.05) is 13.1 Å². The summed E-state index contributed by atoms with van der Waals surface area (Å²) in [7, 11) is 0. The Labute approximate surface area is 91.5 Å². The van der Waals surface area contributed by atoms with Gasteiger partial charge in [-0.25, -0.2) is 0 Å². The fraction of sp³-hybridized carbons (Fsp3) is 0.538. The van der Waals surface area contributed by atoms with Crippen molar-refractivity contribution >= 4 is 0 Å². The molecule has 2 nitrogen and oxygen atoms in total. The first kappa shape index (κ1) is 10.7. The molecule has 1 heterocycles. The molecule has 15 heavy (non-hydrogen) atoms. The molecule has 2 heteroatoms. The third kappa shape index (κ3) is 2.80. The van der Waals surface area contributed by atoms with Gasteiger partial charge in [-0.1, -0.05) is 30.3 Å². The molecule has 1 saturated heterocycles. The Kier molecular flexibility index (Phi) is 3.39. The normalized spacial score (nSPS) is 24.3. The van der Waals surface area contributed by atoms with Crippen molar-refractivity contribution in [2.24, 2.45) is 0 Å². The first-order valence-corrected chi connectivity index (χ1v) is 5.71. The van der Waals surface area contributed by atoms with Crippen LogP contribution in [0.15, 0.2) is 30.3 Å². The molecule has 1 aromatic carbocycles. The van der Waals surface area contributed by atoms with Crippen LogP contribution >= 0.6 is 0 Å². The van der Waals surface area contributed by atoms with Gasteiger partial charge in [-0.2, -0.15) is 0 Å². The largest absolute Gasteiger partial charge is 0.392 e. The van der Waals surface area contributed by atoms with Crippen LogP contribution in [0, 0.1) is 0 Å². The van der Waals surface area contributed by atoms with Gasteiger partial charge in [-0.05, 0) is 31.4 Å². The molecule has 0 bridgehead atoms. The first-order chi connectivity index (χ1) is 7.25. The van der Waals surface area contributed by atoms with Gasteiger partial charge >= 0.3 is 0 Å². The van der Waals surface area contributed by atoms with Gasteiger partial charge in [0.15, 0.2) is 0 Å². The fourth-order valence-electron chi connectivity index (χ4n) is 2.37. The molecule has 82 valence electrons. The minimum atomic E-state index is -0.209.